The Kier molecular flexibility index (Phi) is 5.47. The number of aromatic amines is 1. The third kappa shape index (κ3) is 3.04. The fraction of sp³-hybridized carbons (Fsp3) is 0.680. The zero-order valence-electron chi connectivity index (χ0n) is 19.4. The van der Waals surface area contributed by atoms with Crippen LogP contribution in [0.1, 0.15) is 70.3 Å². The summed E-state index contributed by atoms with van der Waals surface area (Å²) in [7, 11) is 0. The molecule has 3 fully saturated rings. The number of hydrogen-bond acceptors (Lipinski definition) is 6. The van der Waals surface area contributed by atoms with Crippen molar-refractivity contribution in [2.24, 2.45) is 34.0 Å². The molecular weight excluding hydrogens is 408 g/mol. The molecule has 2 bridgehead atoms. The van der Waals surface area contributed by atoms with E-state index in [4.69, 9.17) is 4.74 Å². The quantitative estimate of drug-likeness (QED) is 0.549. The topological polar surface area (TPSA) is 109 Å². The van der Waals surface area contributed by atoms with Crippen LogP contribution in [-0.2, 0) is 9.53 Å². The summed E-state index contributed by atoms with van der Waals surface area (Å²) in [5.41, 5.74) is -2.60. The van der Waals surface area contributed by atoms with Crippen LogP contribution in [-0.4, -0.2) is 39.0 Å². The van der Waals surface area contributed by atoms with Crippen molar-refractivity contribution in [2.45, 2.75) is 72.0 Å². The lowest BCUT2D eigenvalue weighted by atomic mass is 9.44. The molecule has 0 aromatic carbocycles. The van der Waals surface area contributed by atoms with Crippen molar-refractivity contribution < 1.29 is 19.4 Å². The zero-order valence-corrected chi connectivity index (χ0v) is 19.4. The van der Waals surface area contributed by atoms with Gasteiger partial charge >= 0.3 is 5.97 Å². The average Bonchev–Trinajstić information content (AvgIpc) is 3.12. The molecule has 4 rings (SSSR count). The monoisotopic (exact) mass is 442 g/mol. The molecule has 7 nitrogen and oxygen atoms in total. The predicted octanol–water partition coefficient (Wildman–Crippen LogP) is 3.29. The summed E-state index contributed by atoms with van der Waals surface area (Å²) in [6.45, 7) is 12.2. The molecule has 0 amide bonds. The smallest absolute Gasteiger partial charge is 0.363 e. The number of rotatable bonds is 3. The van der Waals surface area contributed by atoms with E-state index in [1.54, 1.807) is 6.08 Å². The number of aromatic nitrogens is 2. The van der Waals surface area contributed by atoms with Crippen LogP contribution in [0, 0.1) is 34.0 Å². The Morgan fingerprint density at radius 1 is 1.31 bits per heavy atom. The first-order valence-corrected chi connectivity index (χ1v) is 11.6. The lowest BCUT2D eigenvalue weighted by molar-refractivity contribution is -0.192. The average molecular weight is 443 g/mol. The maximum atomic E-state index is 13.4. The summed E-state index contributed by atoms with van der Waals surface area (Å²) >= 11 is 0. The Balaban J connectivity index is 1.86. The summed E-state index contributed by atoms with van der Waals surface area (Å²) in [5, 5.41) is 11.5. The lowest BCUT2D eigenvalue weighted by Gasteiger charge is -2.61. The Labute approximate surface area is 188 Å². The van der Waals surface area contributed by atoms with Gasteiger partial charge in [-0.25, -0.2) is 9.78 Å². The van der Waals surface area contributed by atoms with Crippen molar-refractivity contribution >= 4 is 11.8 Å². The number of ether oxygens (including phenoxy) is 1. The van der Waals surface area contributed by atoms with Crippen molar-refractivity contribution in [3.05, 3.63) is 41.1 Å². The first-order chi connectivity index (χ1) is 15.0. The molecule has 0 aliphatic heterocycles. The van der Waals surface area contributed by atoms with Crippen molar-refractivity contribution in [1.82, 2.24) is 9.97 Å². The third-order valence-corrected chi connectivity index (χ3v) is 9.45. The van der Waals surface area contributed by atoms with E-state index in [9.17, 15) is 19.5 Å². The second-order valence-corrected chi connectivity index (χ2v) is 10.7. The highest BCUT2D eigenvalue weighted by Gasteiger charge is 2.68. The third-order valence-electron chi connectivity index (χ3n) is 9.45. The van der Waals surface area contributed by atoms with E-state index in [2.05, 4.69) is 37.3 Å². The first kappa shape index (κ1) is 22.9. The molecule has 3 aliphatic rings. The minimum absolute atomic E-state index is 0.0935. The number of nitrogens with one attached hydrogen (secondary N) is 1. The van der Waals surface area contributed by atoms with Gasteiger partial charge in [0.1, 0.15) is 11.9 Å². The highest BCUT2D eigenvalue weighted by Crippen LogP contribution is 2.68. The van der Waals surface area contributed by atoms with Crippen LogP contribution >= 0.6 is 0 Å². The standard InChI is InChI=1S/C25H34N2O5/c1-6-23(4)13-17(32-22(31)18-21(30)27-12-11-26-18)24(5)14(2)7-9-25(15(3)20(23)29)10-8-16(28)19(24)25/h6,11-12,14-15,17,19-20,29H,1,7-10,13H2,2-5H3,(H,27,30)/t14-,15+,17-,19?,20+,23-,24+,25+/m1/s1. The summed E-state index contributed by atoms with van der Waals surface area (Å²) in [6.07, 6.45) is 6.34. The van der Waals surface area contributed by atoms with E-state index >= 15 is 0 Å². The number of aliphatic hydroxyl groups excluding tert-OH is 1. The molecule has 1 aromatic rings. The van der Waals surface area contributed by atoms with Crippen LogP contribution in [0.25, 0.3) is 0 Å². The van der Waals surface area contributed by atoms with Crippen LogP contribution in [0.15, 0.2) is 29.8 Å². The SMILES string of the molecule is C=C[C@]1(C)C[C@@H](OC(=O)c2ncc[nH]c2=O)[C@@]2(C)C3C(=O)CC[C@@]3(CC[C@H]2C)[C@@H](C)[C@@H]1O. The van der Waals surface area contributed by atoms with Crippen molar-refractivity contribution in [2.75, 3.05) is 0 Å². The molecule has 1 unspecified atom stereocenters. The Morgan fingerprint density at radius 3 is 2.69 bits per heavy atom. The number of nitrogens with zero attached hydrogens (tertiary/aromatic N) is 1. The van der Waals surface area contributed by atoms with Crippen LogP contribution in [0.2, 0.25) is 0 Å². The summed E-state index contributed by atoms with van der Waals surface area (Å²) in [4.78, 5) is 45.0. The van der Waals surface area contributed by atoms with Gasteiger partial charge in [-0.1, -0.05) is 33.8 Å². The normalized spacial score (nSPS) is 43.7. The number of ketones is 1. The fourth-order valence-corrected chi connectivity index (χ4v) is 7.18. The number of carbonyl (C=O) groups excluding carboxylic acids is 2. The number of carbonyl (C=O) groups is 2. The Morgan fingerprint density at radius 2 is 2.03 bits per heavy atom. The van der Waals surface area contributed by atoms with Gasteiger partial charge < -0.3 is 14.8 Å². The number of hydrogen-bond donors (Lipinski definition) is 2. The van der Waals surface area contributed by atoms with Crippen molar-refractivity contribution in [1.29, 1.82) is 0 Å². The van der Waals surface area contributed by atoms with Crippen molar-refractivity contribution in [3.63, 3.8) is 0 Å². The maximum Gasteiger partial charge on any atom is 0.363 e. The van der Waals surface area contributed by atoms with Crippen LogP contribution in [0.4, 0.5) is 0 Å². The Hall–Kier alpha value is -2.28. The van der Waals surface area contributed by atoms with Gasteiger partial charge in [0.2, 0.25) is 5.69 Å². The van der Waals surface area contributed by atoms with Crippen molar-refractivity contribution in [3.8, 4) is 0 Å². The van der Waals surface area contributed by atoms with Gasteiger partial charge in [-0.15, -0.1) is 6.58 Å². The molecule has 2 N–H and O–H groups in total. The van der Waals surface area contributed by atoms with Gasteiger partial charge in [0, 0.05) is 35.6 Å². The Bertz CT molecular complexity index is 1000. The van der Waals surface area contributed by atoms with E-state index in [1.165, 1.54) is 12.4 Å². The molecule has 0 radical (unpaired) electrons. The molecule has 0 spiro atoms. The van der Waals surface area contributed by atoms with E-state index in [-0.39, 0.29) is 34.6 Å². The first-order valence-electron chi connectivity index (χ1n) is 11.6. The van der Waals surface area contributed by atoms with E-state index in [1.807, 2.05) is 6.92 Å². The van der Waals surface area contributed by atoms with Crippen LogP contribution in [0.5, 0.6) is 0 Å². The van der Waals surface area contributed by atoms with Crippen LogP contribution in [0.3, 0.4) is 0 Å². The van der Waals surface area contributed by atoms with Gasteiger partial charge in [-0.3, -0.25) is 9.59 Å². The lowest BCUT2D eigenvalue weighted by Crippen LogP contribution is -2.63. The second-order valence-electron chi connectivity index (χ2n) is 10.7. The number of esters is 1. The number of H-pyrrole nitrogens is 1. The van der Waals surface area contributed by atoms with E-state index in [0.717, 1.165) is 19.3 Å². The van der Waals surface area contributed by atoms with Crippen LogP contribution < -0.4 is 5.56 Å². The fourth-order valence-electron chi connectivity index (χ4n) is 7.18. The van der Waals surface area contributed by atoms with Gasteiger partial charge in [-0.2, -0.15) is 0 Å². The van der Waals surface area contributed by atoms with E-state index < -0.39 is 34.6 Å². The zero-order chi connectivity index (χ0) is 23.5. The predicted molar refractivity (Wildman–Crippen MR) is 119 cm³/mol. The molecule has 0 saturated heterocycles. The maximum absolute atomic E-state index is 13.4. The van der Waals surface area contributed by atoms with E-state index in [0.29, 0.717) is 12.8 Å². The molecule has 3 aliphatic carbocycles. The molecule has 3 saturated carbocycles. The molecule has 174 valence electrons. The summed E-state index contributed by atoms with van der Waals surface area (Å²) in [5.74, 6) is -0.890. The highest BCUT2D eigenvalue weighted by atomic mass is 16.5. The molecule has 8 atom stereocenters. The summed E-state index contributed by atoms with van der Waals surface area (Å²) < 4.78 is 6.05. The van der Waals surface area contributed by atoms with Gasteiger partial charge in [0.15, 0.2) is 0 Å². The molecule has 32 heavy (non-hydrogen) atoms. The molecule has 1 aromatic heterocycles. The van der Waals surface area contributed by atoms with Gasteiger partial charge in [0.05, 0.1) is 6.10 Å². The van der Waals surface area contributed by atoms with Gasteiger partial charge in [-0.05, 0) is 42.9 Å². The molecular formula is C25H34N2O5. The number of Topliss-reactive ketones (excluding diaryl/α,β-unsaturated/α-hetero) is 1. The molecule has 7 heteroatoms. The minimum atomic E-state index is -0.804. The highest BCUT2D eigenvalue weighted by molar-refractivity contribution is 5.87. The second kappa shape index (κ2) is 7.65. The minimum Gasteiger partial charge on any atom is -0.457 e. The largest absolute Gasteiger partial charge is 0.457 e. The molecule has 1 heterocycles. The summed E-state index contributed by atoms with van der Waals surface area (Å²) in [6, 6.07) is 0. The van der Waals surface area contributed by atoms with Gasteiger partial charge in [0.25, 0.3) is 5.56 Å². The number of aliphatic hydroxyl groups is 1.